The van der Waals surface area contributed by atoms with Gasteiger partial charge in [-0.2, -0.15) is 0 Å². The summed E-state index contributed by atoms with van der Waals surface area (Å²) in [5.41, 5.74) is 0. The number of aromatic hydroxyl groups is 2. The van der Waals surface area contributed by atoms with Crippen molar-refractivity contribution in [1.29, 1.82) is 0 Å². The average molecular weight is 270 g/mol. The molecule has 2 N–H and O–H groups in total. The van der Waals surface area contributed by atoms with Gasteiger partial charge in [-0.3, -0.25) is 0 Å². The Morgan fingerprint density at radius 3 is 2.20 bits per heavy atom. The fourth-order valence-corrected chi connectivity index (χ4v) is 2.43. The summed E-state index contributed by atoms with van der Waals surface area (Å²) in [7, 11) is 3.03. The van der Waals surface area contributed by atoms with Crippen LogP contribution in [0.4, 0.5) is 0 Å². The summed E-state index contributed by atoms with van der Waals surface area (Å²) in [5, 5.41) is 23.2. The van der Waals surface area contributed by atoms with E-state index >= 15 is 0 Å². The van der Waals surface area contributed by atoms with Crippen molar-refractivity contribution in [2.45, 2.75) is 0 Å². The second kappa shape index (κ2) is 4.49. The third-order valence-corrected chi connectivity index (χ3v) is 3.41. The molecule has 0 bridgehead atoms. The van der Waals surface area contributed by atoms with Crippen LogP contribution < -0.4 is 9.47 Å². The van der Waals surface area contributed by atoms with Crippen LogP contribution in [0.25, 0.3) is 21.5 Å². The van der Waals surface area contributed by atoms with E-state index in [1.807, 2.05) is 18.2 Å². The number of phenolic OH excluding ortho intramolecular Hbond substituents is 2. The molecule has 0 spiro atoms. The van der Waals surface area contributed by atoms with Crippen molar-refractivity contribution in [3.63, 3.8) is 0 Å². The molecule has 4 nitrogen and oxygen atoms in total. The SMILES string of the molecule is COc1cc2cc3c(OC)c(O)ccc3cc2cc1O. The fourth-order valence-electron chi connectivity index (χ4n) is 2.43. The van der Waals surface area contributed by atoms with Gasteiger partial charge in [0.15, 0.2) is 23.0 Å². The number of phenols is 2. The molecule has 0 aliphatic heterocycles. The topological polar surface area (TPSA) is 58.9 Å². The molecule has 0 saturated carbocycles. The predicted molar refractivity (Wildman–Crippen MR) is 77.9 cm³/mol. The minimum Gasteiger partial charge on any atom is -0.504 e. The molecule has 20 heavy (non-hydrogen) atoms. The molecule has 0 unspecified atom stereocenters. The minimum atomic E-state index is 0.102. The lowest BCUT2D eigenvalue weighted by molar-refractivity contribution is 0.374. The van der Waals surface area contributed by atoms with E-state index in [-0.39, 0.29) is 11.5 Å². The lowest BCUT2D eigenvalue weighted by Crippen LogP contribution is -1.88. The van der Waals surface area contributed by atoms with E-state index in [1.165, 1.54) is 14.2 Å². The van der Waals surface area contributed by atoms with Crippen molar-refractivity contribution in [2.75, 3.05) is 14.2 Å². The molecular formula is C16H14O4. The summed E-state index contributed by atoms with van der Waals surface area (Å²) in [5.74, 6) is 1.06. The lowest BCUT2D eigenvalue weighted by Gasteiger charge is -2.10. The summed E-state index contributed by atoms with van der Waals surface area (Å²) in [6.07, 6.45) is 0. The van der Waals surface area contributed by atoms with Gasteiger partial charge in [0.25, 0.3) is 0 Å². The molecule has 102 valence electrons. The van der Waals surface area contributed by atoms with Gasteiger partial charge in [0.2, 0.25) is 0 Å². The first kappa shape index (κ1) is 12.4. The highest BCUT2D eigenvalue weighted by Crippen LogP contribution is 2.39. The molecule has 0 aromatic heterocycles. The van der Waals surface area contributed by atoms with Crippen molar-refractivity contribution < 1.29 is 19.7 Å². The van der Waals surface area contributed by atoms with Crippen molar-refractivity contribution in [1.82, 2.24) is 0 Å². The van der Waals surface area contributed by atoms with Crippen LogP contribution in [-0.2, 0) is 0 Å². The van der Waals surface area contributed by atoms with Crippen LogP contribution in [0.2, 0.25) is 0 Å². The second-order valence-corrected chi connectivity index (χ2v) is 4.56. The van der Waals surface area contributed by atoms with Gasteiger partial charge in [-0.15, -0.1) is 0 Å². The van der Waals surface area contributed by atoms with E-state index in [1.54, 1.807) is 18.2 Å². The summed E-state index contributed by atoms with van der Waals surface area (Å²) in [4.78, 5) is 0. The molecule has 0 aliphatic carbocycles. The van der Waals surface area contributed by atoms with Crippen molar-refractivity contribution in [2.24, 2.45) is 0 Å². The monoisotopic (exact) mass is 270 g/mol. The Bertz CT molecular complexity index is 809. The number of methoxy groups -OCH3 is 2. The van der Waals surface area contributed by atoms with Gasteiger partial charge < -0.3 is 19.7 Å². The van der Waals surface area contributed by atoms with Gasteiger partial charge >= 0.3 is 0 Å². The number of fused-ring (bicyclic) bond motifs is 2. The molecule has 0 radical (unpaired) electrons. The van der Waals surface area contributed by atoms with Crippen LogP contribution in [0.5, 0.6) is 23.0 Å². The molecule has 0 atom stereocenters. The summed E-state index contributed by atoms with van der Waals surface area (Å²) < 4.78 is 10.4. The zero-order valence-electron chi connectivity index (χ0n) is 11.2. The van der Waals surface area contributed by atoms with Crippen LogP contribution in [-0.4, -0.2) is 24.4 Å². The van der Waals surface area contributed by atoms with E-state index in [9.17, 15) is 10.2 Å². The molecule has 3 aromatic carbocycles. The van der Waals surface area contributed by atoms with Crippen LogP contribution >= 0.6 is 0 Å². The van der Waals surface area contributed by atoms with Crippen LogP contribution in [0.3, 0.4) is 0 Å². The molecule has 4 heteroatoms. The van der Waals surface area contributed by atoms with E-state index in [2.05, 4.69) is 0 Å². The van der Waals surface area contributed by atoms with Crippen molar-refractivity contribution >= 4 is 21.5 Å². The van der Waals surface area contributed by atoms with Crippen LogP contribution in [0, 0.1) is 0 Å². The molecule has 0 amide bonds. The highest BCUT2D eigenvalue weighted by Gasteiger charge is 2.10. The fraction of sp³-hybridized carbons (Fsp3) is 0.125. The maximum absolute atomic E-state index is 9.84. The number of hydrogen-bond acceptors (Lipinski definition) is 4. The summed E-state index contributed by atoms with van der Waals surface area (Å²) in [6, 6.07) is 10.7. The minimum absolute atomic E-state index is 0.102. The van der Waals surface area contributed by atoms with Gasteiger partial charge in [-0.1, -0.05) is 6.07 Å². The Morgan fingerprint density at radius 2 is 1.50 bits per heavy atom. The maximum atomic E-state index is 9.84. The average Bonchev–Trinajstić information content (AvgIpc) is 2.45. The van der Waals surface area contributed by atoms with E-state index in [0.29, 0.717) is 11.5 Å². The molecule has 3 rings (SSSR count). The first-order valence-electron chi connectivity index (χ1n) is 6.14. The van der Waals surface area contributed by atoms with Gasteiger partial charge in [-0.05, 0) is 46.5 Å². The van der Waals surface area contributed by atoms with Crippen molar-refractivity contribution in [3.05, 3.63) is 36.4 Å². The first-order valence-corrected chi connectivity index (χ1v) is 6.14. The normalized spacial score (nSPS) is 10.9. The molecule has 3 aromatic rings. The third kappa shape index (κ3) is 1.77. The Kier molecular flexibility index (Phi) is 2.79. The number of ether oxygens (including phenoxy) is 2. The van der Waals surface area contributed by atoms with Crippen molar-refractivity contribution in [3.8, 4) is 23.0 Å². The van der Waals surface area contributed by atoms with E-state index < -0.39 is 0 Å². The van der Waals surface area contributed by atoms with Crippen LogP contribution in [0.1, 0.15) is 0 Å². The first-order chi connectivity index (χ1) is 9.63. The van der Waals surface area contributed by atoms with Gasteiger partial charge in [0.1, 0.15) is 0 Å². The summed E-state index contributed by atoms with van der Waals surface area (Å²) in [6.45, 7) is 0. The van der Waals surface area contributed by atoms with E-state index in [0.717, 1.165) is 21.5 Å². The number of benzene rings is 3. The molecule has 0 heterocycles. The Labute approximate surface area is 115 Å². The molecule has 0 fully saturated rings. The Balaban J connectivity index is 2.40. The number of rotatable bonds is 2. The quantitative estimate of drug-likeness (QED) is 0.700. The maximum Gasteiger partial charge on any atom is 0.168 e. The molecule has 0 saturated heterocycles. The Hall–Kier alpha value is -2.62. The highest BCUT2D eigenvalue weighted by atomic mass is 16.5. The second-order valence-electron chi connectivity index (χ2n) is 4.56. The highest BCUT2D eigenvalue weighted by molar-refractivity contribution is 6.02. The van der Waals surface area contributed by atoms with Crippen LogP contribution in [0.15, 0.2) is 36.4 Å². The van der Waals surface area contributed by atoms with Gasteiger partial charge in [0, 0.05) is 5.39 Å². The van der Waals surface area contributed by atoms with E-state index in [4.69, 9.17) is 9.47 Å². The summed E-state index contributed by atoms with van der Waals surface area (Å²) >= 11 is 0. The number of hydrogen-bond donors (Lipinski definition) is 2. The molecular weight excluding hydrogens is 256 g/mol. The Morgan fingerprint density at radius 1 is 0.750 bits per heavy atom. The zero-order valence-corrected chi connectivity index (χ0v) is 11.2. The third-order valence-electron chi connectivity index (χ3n) is 3.41. The van der Waals surface area contributed by atoms with Gasteiger partial charge in [-0.25, -0.2) is 0 Å². The smallest absolute Gasteiger partial charge is 0.168 e. The lowest BCUT2D eigenvalue weighted by atomic mass is 10.0. The standard InChI is InChI=1S/C16H14O4/c1-19-15-8-11-6-12-9(5-10(11)7-14(15)18)3-4-13(17)16(12)20-2/h3-8,17-18H,1-2H3. The zero-order chi connectivity index (χ0) is 14.3. The molecule has 0 aliphatic rings. The predicted octanol–water partition coefficient (Wildman–Crippen LogP) is 3.42. The van der Waals surface area contributed by atoms with Gasteiger partial charge in [0.05, 0.1) is 14.2 Å². The largest absolute Gasteiger partial charge is 0.504 e.